The van der Waals surface area contributed by atoms with Gasteiger partial charge in [-0.2, -0.15) is 0 Å². The lowest BCUT2D eigenvalue weighted by Crippen LogP contribution is -2.39. The number of nitrogens with one attached hydrogen (secondary N) is 2. The maximum atomic E-state index is 4.61. The highest BCUT2D eigenvalue weighted by molar-refractivity contribution is 7.11. The topological polar surface area (TPSA) is 49.3 Å². The summed E-state index contributed by atoms with van der Waals surface area (Å²) in [6.07, 6.45) is 1.90. The Hall–Kier alpha value is -1.88. The van der Waals surface area contributed by atoms with Gasteiger partial charge in [0.1, 0.15) is 5.01 Å². The van der Waals surface area contributed by atoms with Gasteiger partial charge in [0.25, 0.3) is 0 Å². The lowest BCUT2D eigenvalue weighted by Gasteiger charge is -2.16. The van der Waals surface area contributed by atoms with Gasteiger partial charge in [0.2, 0.25) is 0 Å². The fourth-order valence-electron chi connectivity index (χ4n) is 2.11. The Morgan fingerprint density at radius 1 is 1.27 bits per heavy atom. The molecule has 0 aliphatic rings. The molecule has 0 radical (unpaired) electrons. The Labute approximate surface area is 136 Å². The van der Waals surface area contributed by atoms with E-state index < -0.39 is 0 Å². The molecule has 0 aliphatic carbocycles. The van der Waals surface area contributed by atoms with Crippen molar-refractivity contribution in [2.75, 3.05) is 13.1 Å². The summed E-state index contributed by atoms with van der Waals surface area (Å²) < 4.78 is 0. The van der Waals surface area contributed by atoms with Crippen molar-refractivity contribution < 1.29 is 0 Å². The predicted molar refractivity (Wildman–Crippen MR) is 94.5 cm³/mol. The van der Waals surface area contributed by atoms with Crippen LogP contribution in [0.4, 0.5) is 0 Å². The van der Waals surface area contributed by atoms with Crippen molar-refractivity contribution in [2.24, 2.45) is 4.99 Å². The van der Waals surface area contributed by atoms with E-state index in [1.54, 1.807) is 11.3 Å². The molecule has 0 bridgehead atoms. The molecule has 2 N–H and O–H groups in total. The molecule has 0 saturated heterocycles. The molecule has 0 fully saturated rings. The number of aryl methyl sites for hydroxylation is 1. The van der Waals surface area contributed by atoms with Gasteiger partial charge in [0.15, 0.2) is 5.96 Å². The molecule has 2 aromatic rings. The Morgan fingerprint density at radius 3 is 2.68 bits per heavy atom. The molecule has 4 nitrogen and oxygen atoms in total. The monoisotopic (exact) mass is 316 g/mol. The molecule has 1 aromatic carbocycles. The van der Waals surface area contributed by atoms with Gasteiger partial charge in [-0.25, -0.2) is 9.98 Å². The molecule has 1 heterocycles. The highest BCUT2D eigenvalue weighted by Crippen LogP contribution is 2.13. The van der Waals surface area contributed by atoms with Gasteiger partial charge < -0.3 is 10.6 Å². The smallest absolute Gasteiger partial charge is 0.191 e. The predicted octanol–water partition coefficient (Wildman–Crippen LogP) is 3.31. The maximum absolute atomic E-state index is 4.61. The fraction of sp³-hybridized carbons (Fsp3) is 0.412. The molecular weight excluding hydrogens is 292 g/mol. The first kappa shape index (κ1) is 16.5. The molecule has 22 heavy (non-hydrogen) atoms. The van der Waals surface area contributed by atoms with Crippen LogP contribution in [0.25, 0.3) is 0 Å². The number of benzene rings is 1. The summed E-state index contributed by atoms with van der Waals surface area (Å²) >= 11 is 1.70. The molecule has 1 aromatic heterocycles. The van der Waals surface area contributed by atoms with Gasteiger partial charge in [0.05, 0.1) is 6.54 Å². The van der Waals surface area contributed by atoms with Crippen molar-refractivity contribution >= 4 is 17.3 Å². The summed E-state index contributed by atoms with van der Waals surface area (Å²) in [5.74, 6) is 1.28. The van der Waals surface area contributed by atoms with Gasteiger partial charge in [-0.1, -0.05) is 37.3 Å². The highest BCUT2D eigenvalue weighted by Gasteiger charge is 2.06. The maximum Gasteiger partial charge on any atom is 0.191 e. The van der Waals surface area contributed by atoms with E-state index in [0.717, 1.165) is 24.1 Å². The number of hydrogen-bond donors (Lipinski definition) is 2. The van der Waals surface area contributed by atoms with E-state index in [2.05, 4.69) is 65.6 Å². The third-order valence-electron chi connectivity index (χ3n) is 3.33. The van der Waals surface area contributed by atoms with E-state index in [4.69, 9.17) is 0 Å². The zero-order valence-corrected chi connectivity index (χ0v) is 14.3. The van der Waals surface area contributed by atoms with Crippen LogP contribution in [0.2, 0.25) is 0 Å². The average Bonchev–Trinajstić information content (AvgIpc) is 2.96. The highest BCUT2D eigenvalue weighted by atomic mass is 32.1. The summed E-state index contributed by atoms with van der Waals surface area (Å²) in [6, 6.07) is 10.5. The Morgan fingerprint density at radius 2 is 2.05 bits per heavy atom. The van der Waals surface area contributed by atoms with E-state index in [9.17, 15) is 0 Å². The fourth-order valence-corrected chi connectivity index (χ4v) is 2.82. The first-order valence-electron chi connectivity index (χ1n) is 7.67. The van der Waals surface area contributed by atoms with Crippen LogP contribution >= 0.6 is 11.3 Å². The van der Waals surface area contributed by atoms with Gasteiger partial charge >= 0.3 is 0 Å². The average molecular weight is 316 g/mol. The van der Waals surface area contributed by atoms with E-state index in [0.29, 0.717) is 12.5 Å². The second-order valence-electron chi connectivity index (χ2n) is 5.25. The molecule has 0 amide bonds. The van der Waals surface area contributed by atoms with E-state index in [-0.39, 0.29) is 0 Å². The summed E-state index contributed by atoms with van der Waals surface area (Å²) in [6.45, 7) is 8.68. The summed E-state index contributed by atoms with van der Waals surface area (Å²) in [4.78, 5) is 10.2. The summed E-state index contributed by atoms with van der Waals surface area (Å²) in [5, 5.41) is 7.74. The molecule has 118 valence electrons. The summed E-state index contributed by atoms with van der Waals surface area (Å²) in [5.41, 5.74) is 1.33. The van der Waals surface area contributed by atoms with Gasteiger partial charge in [0, 0.05) is 24.2 Å². The van der Waals surface area contributed by atoms with Crippen molar-refractivity contribution in [2.45, 2.75) is 33.2 Å². The third-order valence-corrected chi connectivity index (χ3v) is 4.23. The quantitative estimate of drug-likeness (QED) is 0.635. The van der Waals surface area contributed by atoms with Crippen LogP contribution in [0.1, 0.15) is 35.2 Å². The second-order valence-corrected chi connectivity index (χ2v) is 6.57. The van der Waals surface area contributed by atoms with Crippen molar-refractivity contribution in [1.29, 1.82) is 0 Å². The number of rotatable bonds is 6. The lowest BCUT2D eigenvalue weighted by atomic mass is 10.0. The van der Waals surface area contributed by atoms with Crippen LogP contribution in [-0.2, 0) is 6.54 Å². The zero-order valence-electron chi connectivity index (χ0n) is 13.5. The minimum atomic E-state index is 0.437. The molecule has 1 unspecified atom stereocenters. The van der Waals surface area contributed by atoms with Crippen LogP contribution in [0, 0.1) is 6.92 Å². The lowest BCUT2D eigenvalue weighted by molar-refractivity contribution is 0.699. The van der Waals surface area contributed by atoms with Gasteiger partial charge in [-0.05, 0) is 25.3 Å². The molecular formula is C17H24N4S. The standard InChI is InChI=1S/C17H24N4S/c1-4-18-17(21-12-16-19-11-14(3)22-16)20-10-13(2)15-8-6-5-7-9-15/h5-9,11,13H,4,10,12H2,1-3H3,(H2,18,20,21). The van der Waals surface area contributed by atoms with E-state index in [1.165, 1.54) is 10.4 Å². The van der Waals surface area contributed by atoms with Crippen molar-refractivity contribution in [1.82, 2.24) is 15.6 Å². The number of nitrogens with zero attached hydrogens (tertiary/aromatic N) is 2. The Bertz CT molecular complexity index is 592. The SMILES string of the molecule is CCNC(=NCc1ncc(C)s1)NCC(C)c1ccccc1. The molecule has 1 atom stereocenters. The zero-order chi connectivity index (χ0) is 15.8. The van der Waals surface area contributed by atoms with Crippen LogP contribution in [0.5, 0.6) is 0 Å². The number of hydrogen-bond acceptors (Lipinski definition) is 3. The molecule has 0 aliphatic heterocycles. The van der Waals surface area contributed by atoms with Crippen LogP contribution in [-0.4, -0.2) is 24.0 Å². The number of guanidine groups is 1. The number of thiazole rings is 1. The Balaban J connectivity index is 1.90. The van der Waals surface area contributed by atoms with Crippen LogP contribution < -0.4 is 10.6 Å². The molecule has 0 spiro atoms. The van der Waals surface area contributed by atoms with Crippen LogP contribution in [0.15, 0.2) is 41.5 Å². The molecule has 5 heteroatoms. The number of aliphatic imine (C=N–C) groups is 1. The van der Waals surface area contributed by atoms with Crippen molar-refractivity contribution in [3.8, 4) is 0 Å². The van der Waals surface area contributed by atoms with Gasteiger partial charge in [-0.3, -0.25) is 0 Å². The van der Waals surface area contributed by atoms with E-state index in [1.807, 2.05) is 12.3 Å². The Kier molecular flexibility index (Phi) is 6.40. The van der Waals surface area contributed by atoms with E-state index >= 15 is 0 Å². The van der Waals surface area contributed by atoms with Gasteiger partial charge in [-0.15, -0.1) is 11.3 Å². The first-order valence-corrected chi connectivity index (χ1v) is 8.49. The second kappa shape index (κ2) is 8.54. The minimum absolute atomic E-state index is 0.437. The molecule has 2 rings (SSSR count). The van der Waals surface area contributed by atoms with Crippen molar-refractivity contribution in [3.05, 3.63) is 52.0 Å². The third kappa shape index (κ3) is 5.15. The number of aromatic nitrogens is 1. The summed E-state index contributed by atoms with van der Waals surface area (Å²) in [7, 11) is 0. The largest absolute Gasteiger partial charge is 0.357 e. The van der Waals surface area contributed by atoms with Crippen LogP contribution in [0.3, 0.4) is 0 Å². The molecule has 0 saturated carbocycles. The minimum Gasteiger partial charge on any atom is -0.357 e. The first-order chi connectivity index (χ1) is 10.7. The normalized spacial score (nSPS) is 13.0. The van der Waals surface area contributed by atoms with Crippen molar-refractivity contribution in [3.63, 3.8) is 0 Å².